The second-order valence-corrected chi connectivity index (χ2v) is 7.44. The molecule has 2 N–H and O–H groups in total. The van der Waals surface area contributed by atoms with E-state index in [1.807, 2.05) is 6.07 Å². The number of aliphatic carboxylic acids is 1. The summed E-state index contributed by atoms with van der Waals surface area (Å²) in [5, 5.41) is 8.20. The van der Waals surface area contributed by atoms with E-state index in [4.69, 9.17) is 0 Å². The van der Waals surface area contributed by atoms with Crippen molar-refractivity contribution in [3.63, 3.8) is 0 Å². The minimum Gasteiger partial charge on any atom is -0.478 e. The van der Waals surface area contributed by atoms with E-state index >= 15 is 0 Å². The highest BCUT2D eigenvalue weighted by Crippen LogP contribution is 2.40. The molecule has 21 heavy (non-hydrogen) atoms. The van der Waals surface area contributed by atoms with E-state index in [1.165, 1.54) is 10.8 Å². The van der Waals surface area contributed by atoms with Gasteiger partial charge in [-0.25, -0.2) is 18.0 Å². The third-order valence-electron chi connectivity index (χ3n) is 4.00. The van der Waals surface area contributed by atoms with E-state index < -0.39 is 21.2 Å². The maximum atomic E-state index is 12.5. The molecule has 2 aliphatic rings. The molecule has 0 bridgehead atoms. The molecule has 1 fully saturated rings. The summed E-state index contributed by atoms with van der Waals surface area (Å²) in [4.78, 5) is 13.8. The van der Waals surface area contributed by atoms with Crippen molar-refractivity contribution in [1.82, 2.24) is 4.68 Å². The van der Waals surface area contributed by atoms with Crippen molar-refractivity contribution in [2.45, 2.75) is 43.3 Å². The molecule has 1 heterocycles. The van der Waals surface area contributed by atoms with Crippen molar-refractivity contribution in [3.8, 4) is 0 Å². The first-order valence-electron chi connectivity index (χ1n) is 7.11. The number of carboxylic acids is 1. The normalized spacial score (nSPS) is 22.7. The molecule has 114 valence electrons. The summed E-state index contributed by atoms with van der Waals surface area (Å²) in [5.74, 6) is -0.747. The molecule has 2 aliphatic carbocycles. The van der Waals surface area contributed by atoms with Gasteiger partial charge in [0.1, 0.15) is 5.25 Å². The summed E-state index contributed by atoms with van der Waals surface area (Å²) < 4.78 is 26.6. The number of aromatic nitrogens is 1. The summed E-state index contributed by atoms with van der Waals surface area (Å²) in [5.41, 5.74) is 0.920. The number of nitrogens with one attached hydrogen (secondary N) is 1. The smallest absolute Gasteiger partial charge is 0.332 e. The van der Waals surface area contributed by atoms with Gasteiger partial charge in [0, 0.05) is 17.8 Å². The van der Waals surface area contributed by atoms with Gasteiger partial charge in [-0.2, -0.15) is 0 Å². The third-order valence-corrected chi connectivity index (χ3v) is 5.69. The molecule has 1 saturated carbocycles. The van der Waals surface area contributed by atoms with Gasteiger partial charge in [0.25, 0.3) is 10.0 Å². The molecule has 3 rings (SSSR count). The van der Waals surface area contributed by atoms with Crippen LogP contribution in [0.5, 0.6) is 0 Å². The zero-order valence-corrected chi connectivity index (χ0v) is 12.3. The maximum absolute atomic E-state index is 12.5. The fourth-order valence-electron chi connectivity index (χ4n) is 2.78. The highest BCUT2D eigenvalue weighted by atomic mass is 32.2. The fourth-order valence-corrected chi connectivity index (χ4v) is 4.36. The summed E-state index contributed by atoms with van der Waals surface area (Å²) in [7, 11) is -3.76. The summed E-state index contributed by atoms with van der Waals surface area (Å²) >= 11 is 0. The van der Waals surface area contributed by atoms with Gasteiger partial charge in [-0.05, 0) is 44.2 Å². The Labute approximate surface area is 123 Å². The number of nitrogens with zero attached hydrogens (tertiary/aromatic N) is 1. The van der Waals surface area contributed by atoms with E-state index in [1.54, 1.807) is 12.3 Å². The highest BCUT2D eigenvalue weighted by Gasteiger charge is 2.35. The van der Waals surface area contributed by atoms with E-state index in [2.05, 4.69) is 4.83 Å². The molecule has 6 nitrogen and oxygen atoms in total. The minimum absolute atomic E-state index is 0.0196. The fraction of sp³-hybridized carbons (Fsp3) is 0.500. The second kappa shape index (κ2) is 5.22. The van der Waals surface area contributed by atoms with E-state index in [9.17, 15) is 18.3 Å². The van der Waals surface area contributed by atoms with Crippen LogP contribution < -0.4 is 4.83 Å². The minimum atomic E-state index is -3.76. The molecular weight excluding hydrogens is 292 g/mol. The number of hydrogen-bond donors (Lipinski definition) is 2. The lowest BCUT2D eigenvalue weighted by Gasteiger charge is -2.23. The Morgan fingerprint density at radius 3 is 2.76 bits per heavy atom. The molecule has 1 atom stereocenters. The van der Waals surface area contributed by atoms with Crippen LogP contribution in [0.15, 0.2) is 30.0 Å². The largest absolute Gasteiger partial charge is 0.478 e. The first kappa shape index (κ1) is 14.2. The van der Waals surface area contributed by atoms with Crippen molar-refractivity contribution < 1.29 is 18.3 Å². The first-order valence-corrected chi connectivity index (χ1v) is 8.66. The zero-order chi connectivity index (χ0) is 15.0. The van der Waals surface area contributed by atoms with E-state index in [-0.39, 0.29) is 5.57 Å². The predicted octanol–water partition coefficient (Wildman–Crippen LogP) is 1.80. The Morgan fingerprint density at radius 2 is 2.10 bits per heavy atom. The molecule has 7 heteroatoms. The quantitative estimate of drug-likeness (QED) is 0.868. The van der Waals surface area contributed by atoms with Crippen LogP contribution in [0, 0.1) is 0 Å². The molecule has 0 saturated heterocycles. The zero-order valence-electron chi connectivity index (χ0n) is 11.5. The number of rotatable bonds is 5. The van der Waals surface area contributed by atoms with Gasteiger partial charge < -0.3 is 5.11 Å². The van der Waals surface area contributed by atoms with Crippen LogP contribution in [0.4, 0.5) is 0 Å². The number of sulfonamides is 1. The van der Waals surface area contributed by atoms with Crippen molar-refractivity contribution in [2.24, 2.45) is 0 Å². The molecule has 0 radical (unpaired) electrons. The molecule has 0 aliphatic heterocycles. The number of carboxylic acid groups (broad SMARTS) is 1. The van der Waals surface area contributed by atoms with Crippen LogP contribution in [-0.4, -0.2) is 29.4 Å². The van der Waals surface area contributed by atoms with Gasteiger partial charge >= 0.3 is 5.97 Å². The Balaban J connectivity index is 1.86. The highest BCUT2D eigenvalue weighted by molar-refractivity contribution is 7.93. The van der Waals surface area contributed by atoms with Crippen molar-refractivity contribution >= 4 is 16.0 Å². The molecule has 0 spiro atoms. The number of allylic oxidation sites excluding steroid dienone is 1. The Kier molecular flexibility index (Phi) is 3.52. The van der Waals surface area contributed by atoms with Crippen LogP contribution in [0.3, 0.4) is 0 Å². The van der Waals surface area contributed by atoms with Gasteiger partial charge in [-0.1, -0.05) is 6.08 Å². The van der Waals surface area contributed by atoms with Crippen LogP contribution in [0.1, 0.15) is 43.7 Å². The van der Waals surface area contributed by atoms with Crippen LogP contribution >= 0.6 is 0 Å². The standard InChI is InChI=1S/C14H18N2O4S/c17-14(18)11-4-1-2-6-13(11)21(19,20)15-16-9-3-5-12(16)10-7-8-10/h3-5,9-10,13,15H,1-2,6-8H2,(H,17,18). The molecule has 1 aromatic heterocycles. The average molecular weight is 310 g/mol. The van der Waals surface area contributed by atoms with E-state index in [0.29, 0.717) is 25.2 Å². The van der Waals surface area contributed by atoms with Crippen molar-refractivity contribution in [2.75, 3.05) is 4.83 Å². The third kappa shape index (κ3) is 2.83. The molecule has 1 unspecified atom stereocenters. The SMILES string of the molecule is O=C(O)C1=CCCCC1S(=O)(=O)Nn1cccc1C1CC1. The first-order chi connectivity index (χ1) is 9.99. The van der Waals surface area contributed by atoms with E-state index in [0.717, 1.165) is 18.5 Å². The van der Waals surface area contributed by atoms with Crippen LogP contribution in [0.25, 0.3) is 0 Å². The monoisotopic (exact) mass is 310 g/mol. The summed E-state index contributed by atoms with van der Waals surface area (Å²) in [6.07, 6.45) is 6.96. The van der Waals surface area contributed by atoms with Crippen LogP contribution in [-0.2, 0) is 14.8 Å². The average Bonchev–Trinajstić information content (AvgIpc) is 3.19. The molecular formula is C14H18N2O4S. The Bertz CT molecular complexity index is 686. The summed E-state index contributed by atoms with van der Waals surface area (Å²) in [6, 6.07) is 3.69. The van der Waals surface area contributed by atoms with Crippen molar-refractivity contribution in [3.05, 3.63) is 35.7 Å². The van der Waals surface area contributed by atoms with Gasteiger partial charge in [0.15, 0.2) is 0 Å². The van der Waals surface area contributed by atoms with Gasteiger partial charge in [-0.3, -0.25) is 4.68 Å². The van der Waals surface area contributed by atoms with Gasteiger partial charge in [-0.15, -0.1) is 0 Å². The number of carbonyl (C=O) groups is 1. The van der Waals surface area contributed by atoms with Crippen molar-refractivity contribution in [1.29, 1.82) is 0 Å². The van der Waals surface area contributed by atoms with Crippen LogP contribution in [0.2, 0.25) is 0 Å². The second-order valence-electron chi connectivity index (χ2n) is 5.60. The molecule has 0 amide bonds. The molecule has 1 aromatic rings. The predicted molar refractivity (Wildman–Crippen MR) is 78.0 cm³/mol. The Morgan fingerprint density at radius 1 is 1.33 bits per heavy atom. The molecule has 0 aromatic carbocycles. The van der Waals surface area contributed by atoms with Gasteiger partial charge in [0.05, 0.1) is 5.57 Å². The number of hydrogen-bond acceptors (Lipinski definition) is 3. The lowest BCUT2D eigenvalue weighted by Crippen LogP contribution is -2.37. The summed E-state index contributed by atoms with van der Waals surface area (Å²) in [6.45, 7) is 0. The van der Waals surface area contributed by atoms with Gasteiger partial charge in [0.2, 0.25) is 0 Å². The lowest BCUT2D eigenvalue weighted by atomic mass is 9.99. The lowest BCUT2D eigenvalue weighted by molar-refractivity contribution is -0.132. The topological polar surface area (TPSA) is 88.4 Å². The Hall–Kier alpha value is -1.76. The maximum Gasteiger partial charge on any atom is 0.332 e.